The van der Waals surface area contributed by atoms with E-state index in [1.54, 1.807) is 6.08 Å². The zero-order valence-corrected chi connectivity index (χ0v) is 20.3. The van der Waals surface area contributed by atoms with Crippen LogP contribution in [-0.4, -0.2) is 102 Å². The number of carboxylic acid groups (broad SMARTS) is 1. The van der Waals surface area contributed by atoms with Crippen LogP contribution in [0.5, 0.6) is 0 Å². The number of carboxylic acids is 1. The summed E-state index contributed by atoms with van der Waals surface area (Å²) in [4.78, 5) is 57.3. The first-order chi connectivity index (χ1) is 17.3. The summed E-state index contributed by atoms with van der Waals surface area (Å²) in [6.07, 6.45) is 2.97. The number of nitrogens with zero attached hydrogens (tertiary/aromatic N) is 5. The topological polar surface area (TPSA) is 203 Å². The first kappa shape index (κ1) is 24.2. The Labute approximate surface area is 212 Å². The lowest BCUT2D eigenvalue weighted by Crippen LogP contribution is -2.71. The number of nitrogens with two attached hydrogens (primary N) is 1. The Kier molecular flexibility index (Phi) is 6.40. The number of oxime groups is 1. The second-order valence-corrected chi connectivity index (χ2v) is 10.4. The van der Waals surface area contributed by atoms with Crippen LogP contribution in [0.4, 0.5) is 5.13 Å². The van der Waals surface area contributed by atoms with Crippen LogP contribution in [0, 0.1) is 0 Å². The molecule has 16 heteroatoms. The summed E-state index contributed by atoms with van der Waals surface area (Å²) in [7, 11) is 0. The summed E-state index contributed by atoms with van der Waals surface area (Å²) in [6.45, 7) is 2.17. The van der Waals surface area contributed by atoms with Crippen LogP contribution >= 0.6 is 23.3 Å². The van der Waals surface area contributed by atoms with Gasteiger partial charge in [-0.25, -0.2) is 4.79 Å². The largest absolute Gasteiger partial charge is 0.477 e. The molecule has 6 N–H and O–H groups in total. The number of nitrogen functional groups attached to an aromatic ring is 1. The maximum Gasteiger partial charge on any atom is 0.352 e. The smallest absolute Gasteiger partial charge is 0.352 e. The van der Waals surface area contributed by atoms with E-state index in [0.717, 1.165) is 35.9 Å². The highest BCUT2D eigenvalue weighted by Crippen LogP contribution is 2.41. The molecule has 190 valence electrons. The molecule has 3 unspecified atom stereocenters. The van der Waals surface area contributed by atoms with Gasteiger partial charge in [0.15, 0.2) is 5.13 Å². The van der Waals surface area contributed by atoms with Gasteiger partial charge in [0, 0.05) is 42.0 Å². The molecular formula is C20H22N8O6S2. The van der Waals surface area contributed by atoms with Gasteiger partial charge in [0.25, 0.3) is 11.8 Å². The summed E-state index contributed by atoms with van der Waals surface area (Å²) in [6, 6.07) is -0.914. The number of rotatable bonds is 6. The maximum absolute atomic E-state index is 12.9. The fraction of sp³-hybridized carbons (Fsp3) is 0.450. The number of carbonyl (C=O) groups excluding carboxylic acids is 3. The molecule has 3 atom stereocenters. The minimum Gasteiger partial charge on any atom is -0.477 e. The van der Waals surface area contributed by atoms with Crippen molar-refractivity contribution >= 4 is 57.8 Å². The molecular weight excluding hydrogens is 512 g/mol. The summed E-state index contributed by atoms with van der Waals surface area (Å²) in [5.74, 6) is -2.90. The summed E-state index contributed by atoms with van der Waals surface area (Å²) in [5.41, 5.74) is 5.67. The van der Waals surface area contributed by atoms with Crippen molar-refractivity contribution in [3.05, 3.63) is 28.7 Å². The molecule has 0 saturated carbocycles. The number of thioether (sulfide) groups is 1. The molecule has 0 spiro atoms. The van der Waals surface area contributed by atoms with Crippen LogP contribution in [-0.2, 0) is 19.2 Å². The number of allylic oxidation sites excluding steroid dienone is 1. The Balaban J connectivity index is 1.33. The van der Waals surface area contributed by atoms with Gasteiger partial charge >= 0.3 is 5.97 Å². The van der Waals surface area contributed by atoms with Crippen LogP contribution in [0.2, 0.25) is 0 Å². The molecule has 3 amide bonds. The fourth-order valence-corrected chi connectivity index (χ4v) is 6.46. The minimum atomic E-state index is -1.30. The molecule has 1 aromatic heterocycles. The molecule has 36 heavy (non-hydrogen) atoms. The van der Waals surface area contributed by atoms with Crippen molar-refractivity contribution < 1.29 is 29.5 Å². The monoisotopic (exact) mass is 534 g/mol. The summed E-state index contributed by atoms with van der Waals surface area (Å²) >= 11 is 2.07. The van der Waals surface area contributed by atoms with E-state index < -0.39 is 34.9 Å². The van der Waals surface area contributed by atoms with Crippen LogP contribution in [0.25, 0.3) is 0 Å². The standard InChI is InChI=1S/C20H22N8O6S2/c21-20-24-14(26-36-20)11(25-34)15(29)23-12-17(31)28-13(19(32)33)9(7-35-18(12)28)5-8-2-4-27(16(8)30)10-1-3-22-6-10/h5,10,12,18,22,34H,1-4,6-7H2,(H,23,29)(H,32,33)(H2,21,24,26)/b8-5+,25-11?. The number of anilines is 1. The highest BCUT2D eigenvalue weighted by Gasteiger charge is 2.54. The summed E-state index contributed by atoms with van der Waals surface area (Å²) < 4.78 is 3.82. The first-order valence-corrected chi connectivity index (χ1v) is 12.9. The predicted octanol–water partition coefficient (Wildman–Crippen LogP) is -1.44. The van der Waals surface area contributed by atoms with Gasteiger partial charge in [0.2, 0.25) is 17.4 Å². The number of carbonyl (C=O) groups is 4. The molecule has 0 aromatic carbocycles. The average Bonchev–Trinajstić information content (AvgIpc) is 3.60. The van der Waals surface area contributed by atoms with Crippen molar-refractivity contribution in [2.24, 2.45) is 5.16 Å². The van der Waals surface area contributed by atoms with Crippen LogP contribution in [0.15, 0.2) is 28.1 Å². The van der Waals surface area contributed by atoms with Crippen molar-refractivity contribution in [1.82, 2.24) is 29.8 Å². The van der Waals surface area contributed by atoms with Gasteiger partial charge in [0.05, 0.1) is 0 Å². The van der Waals surface area contributed by atoms with E-state index in [1.807, 2.05) is 4.90 Å². The van der Waals surface area contributed by atoms with Gasteiger partial charge in [0.1, 0.15) is 17.1 Å². The van der Waals surface area contributed by atoms with E-state index in [9.17, 15) is 29.5 Å². The average molecular weight is 535 g/mol. The van der Waals surface area contributed by atoms with Gasteiger partial charge in [-0.1, -0.05) is 5.16 Å². The number of aliphatic carboxylic acids is 1. The summed E-state index contributed by atoms with van der Waals surface area (Å²) in [5, 5.41) is 27.1. The molecule has 4 aliphatic rings. The highest BCUT2D eigenvalue weighted by molar-refractivity contribution is 8.00. The molecule has 1 aromatic rings. The third kappa shape index (κ3) is 4.10. The normalized spacial score (nSPS) is 27.5. The second-order valence-electron chi connectivity index (χ2n) is 8.51. The Morgan fingerprint density at radius 2 is 2.14 bits per heavy atom. The van der Waals surface area contributed by atoms with Crippen molar-refractivity contribution in [2.45, 2.75) is 30.3 Å². The van der Waals surface area contributed by atoms with Crippen LogP contribution in [0.3, 0.4) is 0 Å². The van der Waals surface area contributed by atoms with Crippen molar-refractivity contribution in [3.63, 3.8) is 0 Å². The molecule has 0 aliphatic carbocycles. The van der Waals surface area contributed by atoms with Crippen LogP contribution < -0.4 is 16.4 Å². The van der Waals surface area contributed by atoms with Gasteiger partial charge < -0.3 is 31.6 Å². The minimum absolute atomic E-state index is 0.0642. The Hall–Kier alpha value is -3.50. The quantitative estimate of drug-likeness (QED) is 0.0939. The molecule has 5 heterocycles. The van der Waals surface area contributed by atoms with E-state index in [1.165, 1.54) is 11.8 Å². The Morgan fingerprint density at radius 1 is 1.33 bits per heavy atom. The van der Waals surface area contributed by atoms with E-state index >= 15 is 0 Å². The van der Waals surface area contributed by atoms with E-state index in [2.05, 4.69) is 25.1 Å². The van der Waals surface area contributed by atoms with Crippen LogP contribution in [0.1, 0.15) is 18.7 Å². The van der Waals surface area contributed by atoms with E-state index in [-0.39, 0.29) is 34.4 Å². The number of nitrogens with one attached hydrogen (secondary N) is 2. The van der Waals surface area contributed by atoms with Gasteiger partial charge in [-0.15, -0.1) is 11.8 Å². The predicted molar refractivity (Wildman–Crippen MR) is 128 cm³/mol. The first-order valence-electron chi connectivity index (χ1n) is 11.1. The maximum atomic E-state index is 12.9. The lowest BCUT2D eigenvalue weighted by molar-refractivity contribution is -0.150. The van der Waals surface area contributed by atoms with Gasteiger partial charge in [-0.2, -0.15) is 9.36 Å². The number of aromatic nitrogens is 2. The van der Waals surface area contributed by atoms with E-state index in [4.69, 9.17) is 5.73 Å². The van der Waals surface area contributed by atoms with Crippen molar-refractivity contribution in [3.8, 4) is 0 Å². The molecule has 3 saturated heterocycles. The van der Waals surface area contributed by atoms with Gasteiger partial charge in [-0.3, -0.25) is 19.3 Å². The Morgan fingerprint density at radius 3 is 2.78 bits per heavy atom. The third-order valence-electron chi connectivity index (χ3n) is 6.44. The lowest BCUT2D eigenvalue weighted by atomic mass is 10.0. The molecule has 14 nitrogen and oxygen atoms in total. The number of β-lactam (4-membered cyclic amide) rings is 1. The van der Waals surface area contributed by atoms with E-state index in [0.29, 0.717) is 24.1 Å². The Bertz CT molecular complexity index is 1240. The SMILES string of the molecule is Nc1nc(C(=NO)C(=O)NC2C(=O)N3C(C(=O)O)=C(/C=C4\CCN(C5CCNC5)C4=O)CSC23)ns1. The molecule has 0 radical (unpaired) electrons. The second kappa shape index (κ2) is 9.51. The fourth-order valence-electron chi connectivity index (χ4n) is 4.72. The molecule has 3 fully saturated rings. The molecule has 4 aliphatic heterocycles. The zero-order valence-electron chi connectivity index (χ0n) is 18.7. The number of amides is 3. The van der Waals surface area contributed by atoms with Crippen molar-refractivity contribution in [2.75, 3.05) is 31.1 Å². The third-order valence-corrected chi connectivity index (χ3v) is 8.28. The zero-order chi connectivity index (χ0) is 25.6. The molecule has 0 bridgehead atoms. The number of hydrogen-bond acceptors (Lipinski definition) is 12. The number of hydrogen-bond donors (Lipinski definition) is 5. The van der Waals surface area contributed by atoms with Crippen molar-refractivity contribution in [1.29, 1.82) is 0 Å². The van der Waals surface area contributed by atoms with Gasteiger partial charge in [-0.05, 0) is 31.0 Å². The molecule has 5 rings (SSSR count). The highest BCUT2D eigenvalue weighted by atomic mass is 32.2. The number of likely N-dealkylation sites (tertiary alicyclic amines) is 1. The number of fused-ring (bicyclic) bond motifs is 1. The lowest BCUT2D eigenvalue weighted by Gasteiger charge is -2.49.